The van der Waals surface area contributed by atoms with Gasteiger partial charge in [0.2, 0.25) is 0 Å². The lowest BCUT2D eigenvalue weighted by Crippen LogP contribution is -1.98. The smallest absolute Gasteiger partial charge is 0.0577 e. The highest BCUT2D eigenvalue weighted by molar-refractivity contribution is 4.72. The molecular formula is C5H9N3O. The molecule has 0 amide bonds. The Kier molecular flexibility index (Phi) is 2.36. The van der Waals surface area contributed by atoms with Crippen LogP contribution in [0.3, 0.4) is 0 Å². The molecule has 1 aliphatic carbocycles. The van der Waals surface area contributed by atoms with Crippen LogP contribution in [0.1, 0.15) is 12.8 Å². The van der Waals surface area contributed by atoms with Gasteiger partial charge in [-0.2, -0.15) is 0 Å². The summed E-state index contributed by atoms with van der Waals surface area (Å²) >= 11 is 0. The summed E-state index contributed by atoms with van der Waals surface area (Å²) < 4.78 is 5.19. The van der Waals surface area contributed by atoms with Crippen LogP contribution in [0.25, 0.3) is 10.4 Å². The summed E-state index contributed by atoms with van der Waals surface area (Å²) in [6.45, 7) is 1.04. The van der Waals surface area contributed by atoms with E-state index in [1.54, 1.807) is 0 Å². The van der Waals surface area contributed by atoms with Crippen molar-refractivity contribution in [1.29, 1.82) is 0 Å². The number of ether oxygens (including phenoxy) is 1. The molecule has 1 rings (SSSR count). The number of hydrogen-bond donors (Lipinski definition) is 0. The van der Waals surface area contributed by atoms with Gasteiger partial charge in [0.15, 0.2) is 0 Å². The Labute approximate surface area is 53.4 Å². The van der Waals surface area contributed by atoms with Crippen molar-refractivity contribution in [3.63, 3.8) is 0 Å². The van der Waals surface area contributed by atoms with E-state index in [1.807, 2.05) is 0 Å². The molecule has 1 aliphatic rings. The van der Waals surface area contributed by atoms with Crippen LogP contribution in [-0.4, -0.2) is 19.3 Å². The first-order chi connectivity index (χ1) is 4.43. The van der Waals surface area contributed by atoms with Crippen molar-refractivity contribution in [3.8, 4) is 0 Å². The van der Waals surface area contributed by atoms with E-state index >= 15 is 0 Å². The molecule has 4 nitrogen and oxygen atoms in total. The lowest BCUT2D eigenvalue weighted by atomic mass is 10.7. The first kappa shape index (κ1) is 6.39. The summed E-state index contributed by atoms with van der Waals surface area (Å²) in [6, 6.07) is 0. The lowest BCUT2D eigenvalue weighted by Gasteiger charge is -1.94. The van der Waals surface area contributed by atoms with Crippen molar-refractivity contribution in [2.24, 2.45) is 5.11 Å². The van der Waals surface area contributed by atoms with E-state index in [2.05, 4.69) is 10.0 Å². The number of hydrogen-bond acceptors (Lipinski definition) is 2. The van der Waals surface area contributed by atoms with Crippen molar-refractivity contribution >= 4 is 0 Å². The molecule has 0 heterocycles. The van der Waals surface area contributed by atoms with Gasteiger partial charge in [0, 0.05) is 11.5 Å². The van der Waals surface area contributed by atoms with Gasteiger partial charge in [0.25, 0.3) is 0 Å². The molecule has 1 saturated carbocycles. The molecule has 9 heavy (non-hydrogen) atoms. The second-order valence-electron chi connectivity index (χ2n) is 2.02. The van der Waals surface area contributed by atoms with Gasteiger partial charge in [-0.1, -0.05) is 5.11 Å². The molecule has 1 fully saturated rings. The molecule has 0 bridgehead atoms. The number of rotatable bonds is 4. The number of azide groups is 1. The molecule has 0 N–H and O–H groups in total. The molecule has 0 radical (unpaired) electrons. The fraction of sp³-hybridized carbons (Fsp3) is 1.00. The van der Waals surface area contributed by atoms with Crippen LogP contribution in [0.2, 0.25) is 0 Å². The van der Waals surface area contributed by atoms with Gasteiger partial charge < -0.3 is 4.74 Å². The predicted octanol–water partition coefficient (Wildman–Crippen LogP) is 1.48. The molecule has 0 spiro atoms. The van der Waals surface area contributed by atoms with Crippen molar-refractivity contribution in [2.45, 2.75) is 18.9 Å². The molecule has 0 saturated heterocycles. The van der Waals surface area contributed by atoms with Crippen LogP contribution in [0, 0.1) is 0 Å². The Morgan fingerprint density at radius 1 is 1.67 bits per heavy atom. The second-order valence-corrected chi connectivity index (χ2v) is 2.02. The third kappa shape index (κ3) is 2.95. The minimum Gasteiger partial charge on any atom is -0.378 e. The molecule has 50 valence electrons. The Balaban J connectivity index is 1.86. The second kappa shape index (κ2) is 3.33. The maximum atomic E-state index is 7.85. The predicted molar refractivity (Wildman–Crippen MR) is 33.0 cm³/mol. The van der Waals surface area contributed by atoms with E-state index in [-0.39, 0.29) is 0 Å². The average molecular weight is 127 g/mol. The Bertz CT molecular complexity index is 126. The van der Waals surface area contributed by atoms with Crippen LogP contribution >= 0.6 is 0 Å². The van der Waals surface area contributed by atoms with E-state index in [4.69, 9.17) is 10.3 Å². The summed E-state index contributed by atoms with van der Waals surface area (Å²) in [7, 11) is 0. The maximum absolute atomic E-state index is 7.85. The highest BCUT2D eigenvalue weighted by atomic mass is 16.5. The topological polar surface area (TPSA) is 58.0 Å². The number of nitrogens with zero attached hydrogens (tertiary/aromatic N) is 3. The standard InChI is InChI=1S/C5H9N3O/c6-8-7-3-4-9-5-1-2-5/h5H,1-4H2. The monoisotopic (exact) mass is 127 g/mol. The largest absolute Gasteiger partial charge is 0.378 e. The molecule has 0 unspecified atom stereocenters. The first-order valence-corrected chi connectivity index (χ1v) is 3.06. The lowest BCUT2D eigenvalue weighted by molar-refractivity contribution is 0.127. The van der Waals surface area contributed by atoms with E-state index < -0.39 is 0 Å². The van der Waals surface area contributed by atoms with Gasteiger partial charge in [-0.3, -0.25) is 0 Å². The highest BCUT2D eigenvalue weighted by Crippen LogP contribution is 2.22. The minimum absolute atomic E-state index is 0.465. The first-order valence-electron chi connectivity index (χ1n) is 3.06. The fourth-order valence-electron chi connectivity index (χ4n) is 0.540. The van der Waals surface area contributed by atoms with Crippen LogP contribution in [0.5, 0.6) is 0 Å². The zero-order chi connectivity index (χ0) is 6.53. The van der Waals surface area contributed by atoms with Gasteiger partial charge in [-0.15, -0.1) is 0 Å². The normalized spacial score (nSPS) is 16.9. The van der Waals surface area contributed by atoms with E-state index in [0.717, 1.165) is 0 Å². The van der Waals surface area contributed by atoms with Crippen molar-refractivity contribution < 1.29 is 4.74 Å². The van der Waals surface area contributed by atoms with E-state index in [9.17, 15) is 0 Å². The summed E-state index contributed by atoms with van der Waals surface area (Å²) in [6.07, 6.45) is 2.82. The van der Waals surface area contributed by atoms with Gasteiger partial charge in [-0.25, -0.2) is 0 Å². The maximum Gasteiger partial charge on any atom is 0.0577 e. The zero-order valence-corrected chi connectivity index (χ0v) is 5.16. The summed E-state index contributed by atoms with van der Waals surface area (Å²) in [5.41, 5.74) is 7.85. The van der Waals surface area contributed by atoms with Crippen LogP contribution in [0.4, 0.5) is 0 Å². The quantitative estimate of drug-likeness (QED) is 0.244. The van der Waals surface area contributed by atoms with Crippen molar-refractivity contribution in [1.82, 2.24) is 0 Å². The molecule has 4 heteroatoms. The highest BCUT2D eigenvalue weighted by Gasteiger charge is 2.21. The Morgan fingerprint density at radius 2 is 2.44 bits per heavy atom. The van der Waals surface area contributed by atoms with Crippen molar-refractivity contribution in [2.75, 3.05) is 13.2 Å². The van der Waals surface area contributed by atoms with Gasteiger partial charge in [-0.05, 0) is 18.4 Å². The fourth-order valence-corrected chi connectivity index (χ4v) is 0.540. The zero-order valence-electron chi connectivity index (χ0n) is 5.16. The Hall–Kier alpha value is -0.730. The molecular weight excluding hydrogens is 118 g/mol. The molecule has 0 atom stereocenters. The van der Waals surface area contributed by atoms with E-state index in [0.29, 0.717) is 19.3 Å². The van der Waals surface area contributed by atoms with Crippen LogP contribution < -0.4 is 0 Å². The minimum atomic E-state index is 0.465. The average Bonchev–Trinajstić information content (AvgIpc) is 2.63. The van der Waals surface area contributed by atoms with Gasteiger partial charge >= 0.3 is 0 Å². The van der Waals surface area contributed by atoms with Crippen LogP contribution in [-0.2, 0) is 4.74 Å². The third-order valence-electron chi connectivity index (χ3n) is 1.13. The van der Waals surface area contributed by atoms with Crippen molar-refractivity contribution in [3.05, 3.63) is 10.4 Å². The SMILES string of the molecule is [N-]=[N+]=NCCOC1CC1. The summed E-state index contributed by atoms with van der Waals surface area (Å²) in [4.78, 5) is 2.60. The molecule has 0 aromatic carbocycles. The Morgan fingerprint density at radius 3 is 3.00 bits per heavy atom. The van der Waals surface area contributed by atoms with Gasteiger partial charge in [0.05, 0.1) is 12.7 Å². The molecule has 0 aromatic rings. The third-order valence-corrected chi connectivity index (χ3v) is 1.13. The summed E-state index contributed by atoms with van der Waals surface area (Å²) in [5, 5.41) is 3.33. The van der Waals surface area contributed by atoms with Gasteiger partial charge in [0.1, 0.15) is 0 Å². The van der Waals surface area contributed by atoms with E-state index in [1.165, 1.54) is 12.8 Å². The molecule has 0 aliphatic heterocycles. The molecule has 0 aromatic heterocycles. The summed E-state index contributed by atoms with van der Waals surface area (Å²) in [5.74, 6) is 0. The van der Waals surface area contributed by atoms with Crippen LogP contribution in [0.15, 0.2) is 5.11 Å².